The summed E-state index contributed by atoms with van der Waals surface area (Å²) in [4.78, 5) is 30.0. The van der Waals surface area contributed by atoms with Gasteiger partial charge in [0.2, 0.25) is 0 Å². The molecule has 0 aromatic carbocycles. The Morgan fingerprint density at radius 1 is 1.44 bits per heavy atom. The summed E-state index contributed by atoms with van der Waals surface area (Å²) in [7, 11) is 0. The van der Waals surface area contributed by atoms with E-state index in [4.69, 9.17) is 10.8 Å². The molecule has 0 aliphatic heterocycles. The number of hydrogen-bond donors (Lipinski definition) is 3. The van der Waals surface area contributed by atoms with Crippen molar-refractivity contribution in [2.45, 2.75) is 20.3 Å². The van der Waals surface area contributed by atoms with Gasteiger partial charge in [0.25, 0.3) is 5.91 Å². The molecule has 18 heavy (non-hydrogen) atoms. The van der Waals surface area contributed by atoms with Crippen LogP contribution in [-0.2, 0) is 4.79 Å². The molecule has 1 amide bonds. The number of carboxylic acid groups (broad SMARTS) is 1. The number of primary amides is 1. The van der Waals surface area contributed by atoms with Gasteiger partial charge in [0.05, 0.1) is 5.41 Å². The molecule has 98 valence electrons. The van der Waals surface area contributed by atoms with Gasteiger partial charge >= 0.3 is 5.97 Å². The third kappa shape index (κ3) is 2.93. The first-order valence-electron chi connectivity index (χ1n) is 5.49. The van der Waals surface area contributed by atoms with E-state index in [9.17, 15) is 9.59 Å². The monoisotopic (exact) mass is 252 g/mol. The predicted molar refractivity (Wildman–Crippen MR) is 65.1 cm³/mol. The van der Waals surface area contributed by atoms with E-state index in [1.54, 1.807) is 13.8 Å². The van der Waals surface area contributed by atoms with Crippen molar-refractivity contribution >= 4 is 17.7 Å². The topological polar surface area (TPSA) is 118 Å². The zero-order valence-corrected chi connectivity index (χ0v) is 10.3. The van der Waals surface area contributed by atoms with E-state index in [1.165, 1.54) is 12.4 Å². The number of carboxylic acids is 1. The van der Waals surface area contributed by atoms with Crippen LogP contribution < -0.4 is 11.1 Å². The standard InChI is InChI=1S/C11H16N4O3/c1-3-11(2,10(17)18)6-15-9-7(8(12)16)13-4-5-14-9/h4-5H,3,6H2,1-2H3,(H2,12,16)(H,14,15)(H,17,18). The number of amides is 1. The molecule has 1 rings (SSSR count). The van der Waals surface area contributed by atoms with E-state index in [0.29, 0.717) is 6.42 Å². The smallest absolute Gasteiger partial charge is 0.311 e. The van der Waals surface area contributed by atoms with Gasteiger partial charge in [0.1, 0.15) is 0 Å². The van der Waals surface area contributed by atoms with Crippen LogP contribution in [0, 0.1) is 5.41 Å². The third-order valence-electron chi connectivity index (χ3n) is 2.87. The number of carbonyl (C=O) groups excluding carboxylic acids is 1. The minimum atomic E-state index is -0.938. The fraction of sp³-hybridized carbons (Fsp3) is 0.455. The van der Waals surface area contributed by atoms with E-state index in [0.717, 1.165) is 0 Å². The lowest BCUT2D eigenvalue weighted by atomic mass is 9.88. The van der Waals surface area contributed by atoms with Gasteiger partial charge < -0.3 is 16.2 Å². The van der Waals surface area contributed by atoms with Crippen LogP contribution in [0.4, 0.5) is 5.82 Å². The Bertz CT molecular complexity index is 463. The van der Waals surface area contributed by atoms with E-state index in [2.05, 4.69) is 15.3 Å². The summed E-state index contributed by atoms with van der Waals surface area (Å²) in [6, 6.07) is 0. The molecule has 1 aromatic heterocycles. The number of aliphatic carboxylic acids is 1. The molecule has 4 N–H and O–H groups in total. The largest absolute Gasteiger partial charge is 0.481 e. The number of nitrogens with zero attached hydrogens (tertiary/aromatic N) is 2. The first-order valence-corrected chi connectivity index (χ1v) is 5.49. The summed E-state index contributed by atoms with van der Waals surface area (Å²) < 4.78 is 0. The molecule has 0 bridgehead atoms. The lowest BCUT2D eigenvalue weighted by Gasteiger charge is -2.23. The number of aromatic nitrogens is 2. The quantitative estimate of drug-likeness (QED) is 0.678. The molecular formula is C11H16N4O3. The van der Waals surface area contributed by atoms with Crippen molar-refractivity contribution in [1.29, 1.82) is 0 Å². The van der Waals surface area contributed by atoms with Crippen LogP contribution in [0.2, 0.25) is 0 Å². The van der Waals surface area contributed by atoms with Crippen LogP contribution in [0.5, 0.6) is 0 Å². The molecule has 0 fully saturated rings. The Morgan fingerprint density at radius 2 is 2.06 bits per heavy atom. The summed E-state index contributed by atoms with van der Waals surface area (Å²) in [5, 5.41) is 11.9. The predicted octanol–water partition coefficient (Wildman–Crippen LogP) is 0.488. The van der Waals surface area contributed by atoms with Crippen molar-refractivity contribution in [3.63, 3.8) is 0 Å². The van der Waals surface area contributed by atoms with Crippen molar-refractivity contribution < 1.29 is 14.7 Å². The van der Waals surface area contributed by atoms with Crippen molar-refractivity contribution in [2.24, 2.45) is 11.1 Å². The second-order valence-corrected chi connectivity index (χ2v) is 4.19. The molecule has 7 nitrogen and oxygen atoms in total. The molecule has 0 aliphatic carbocycles. The molecule has 1 atom stereocenters. The lowest BCUT2D eigenvalue weighted by molar-refractivity contribution is -0.147. The van der Waals surface area contributed by atoms with E-state index >= 15 is 0 Å². The molecular weight excluding hydrogens is 236 g/mol. The number of hydrogen-bond acceptors (Lipinski definition) is 5. The van der Waals surface area contributed by atoms with Gasteiger partial charge in [-0.15, -0.1) is 0 Å². The fourth-order valence-corrected chi connectivity index (χ4v) is 1.28. The van der Waals surface area contributed by atoms with Gasteiger partial charge in [-0.3, -0.25) is 9.59 Å². The molecule has 0 spiro atoms. The molecule has 1 heterocycles. The highest BCUT2D eigenvalue weighted by molar-refractivity contribution is 5.95. The minimum Gasteiger partial charge on any atom is -0.481 e. The fourth-order valence-electron chi connectivity index (χ4n) is 1.28. The summed E-state index contributed by atoms with van der Waals surface area (Å²) in [6.07, 6.45) is 3.20. The van der Waals surface area contributed by atoms with Crippen LogP contribution >= 0.6 is 0 Å². The maximum Gasteiger partial charge on any atom is 0.311 e. The molecule has 1 unspecified atom stereocenters. The molecule has 0 radical (unpaired) electrons. The second kappa shape index (κ2) is 5.44. The number of anilines is 1. The normalized spacial score (nSPS) is 13.7. The van der Waals surface area contributed by atoms with Crippen LogP contribution in [0.1, 0.15) is 30.8 Å². The van der Waals surface area contributed by atoms with Crippen LogP contribution in [0.3, 0.4) is 0 Å². The van der Waals surface area contributed by atoms with Crippen molar-refractivity contribution in [1.82, 2.24) is 9.97 Å². The first-order chi connectivity index (χ1) is 8.40. The maximum atomic E-state index is 11.1. The summed E-state index contributed by atoms with van der Waals surface area (Å²) in [5.41, 5.74) is 4.21. The third-order valence-corrected chi connectivity index (χ3v) is 2.87. The second-order valence-electron chi connectivity index (χ2n) is 4.19. The first kappa shape index (κ1) is 13.9. The Balaban J connectivity index is 2.86. The van der Waals surface area contributed by atoms with Crippen LogP contribution in [-0.4, -0.2) is 33.5 Å². The van der Waals surface area contributed by atoms with Crippen LogP contribution in [0.15, 0.2) is 12.4 Å². The highest BCUT2D eigenvalue weighted by Gasteiger charge is 2.31. The molecule has 1 aromatic rings. The van der Waals surface area contributed by atoms with Gasteiger partial charge in [-0.05, 0) is 13.3 Å². The zero-order valence-electron chi connectivity index (χ0n) is 10.3. The number of carbonyl (C=O) groups is 2. The van der Waals surface area contributed by atoms with Crippen molar-refractivity contribution in [2.75, 3.05) is 11.9 Å². The minimum absolute atomic E-state index is 0.00124. The molecule has 0 saturated heterocycles. The van der Waals surface area contributed by atoms with Crippen molar-refractivity contribution in [3.05, 3.63) is 18.1 Å². The van der Waals surface area contributed by atoms with Crippen molar-refractivity contribution in [3.8, 4) is 0 Å². The van der Waals surface area contributed by atoms with Gasteiger partial charge in [-0.2, -0.15) is 0 Å². The van der Waals surface area contributed by atoms with Crippen LogP contribution in [0.25, 0.3) is 0 Å². The van der Waals surface area contributed by atoms with E-state index < -0.39 is 17.3 Å². The Hall–Kier alpha value is -2.18. The molecule has 7 heteroatoms. The van der Waals surface area contributed by atoms with Gasteiger partial charge in [-0.1, -0.05) is 6.92 Å². The zero-order chi connectivity index (χ0) is 13.8. The SMILES string of the molecule is CCC(C)(CNc1nccnc1C(N)=O)C(=O)O. The summed E-state index contributed by atoms with van der Waals surface area (Å²) in [6.45, 7) is 3.53. The number of rotatable bonds is 6. The lowest BCUT2D eigenvalue weighted by Crippen LogP contribution is -2.35. The maximum absolute atomic E-state index is 11.1. The molecule has 0 saturated carbocycles. The Kier molecular flexibility index (Phi) is 4.19. The number of nitrogens with one attached hydrogen (secondary N) is 1. The van der Waals surface area contributed by atoms with Gasteiger partial charge in [-0.25, -0.2) is 9.97 Å². The van der Waals surface area contributed by atoms with E-state index in [-0.39, 0.29) is 18.1 Å². The average molecular weight is 252 g/mol. The summed E-state index contributed by atoms with van der Waals surface area (Å²) >= 11 is 0. The van der Waals surface area contributed by atoms with E-state index in [1.807, 2.05) is 0 Å². The highest BCUT2D eigenvalue weighted by atomic mass is 16.4. The van der Waals surface area contributed by atoms with Gasteiger partial charge in [0.15, 0.2) is 11.5 Å². The molecule has 0 aliphatic rings. The Morgan fingerprint density at radius 3 is 2.56 bits per heavy atom. The summed E-state index contributed by atoms with van der Waals surface area (Å²) in [5.74, 6) is -1.42. The number of nitrogens with two attached hydrogens (primary N) is 1. The Labute approximate surface area is 104 Å². The van der Waals surface area contributed by atoms with Gasteiger partial charge in [0, 0.05) is 18.9 Å². The average Bonchev–Trinajstić information content (AvgIpc) is 2.35. The highest BCUT2D eigenvalue weighted by Crippen LogP contribution is 2.22.